The SMILES string of the molecule is C=C(CCl)Cn1nccc1C. The normalized spacial score (nSPS) is 10.0. The first-order valence-corrected chi connectivity index (χ1v) is 3.98. The Morgan fingerprint density at radius 3 is 3.00 bits per heavy atom. The molecule has 0 unspecified atom stereocenters. The summed E-state index contributed by atoms with van der Waals surface area (Å²) in [5.74, 6) is 0.499. The average Bonchev–Trinajstić information content (AvgIpc) is 2.37. The summed E-state index contributed by atoms with van der Waals surface area (Å²) >= 11 is 5.58. The zero-order valence-corrected chi connectivity index (χ0v) is 7.30. The summed E-state index contributed by atoms with van der Waals surface area (Å²) in [6.45, 7) is 6.53. The number of hydrogen-bond acceptors (Lipinski definition) is 1. The molecule has 0 saturated heterocycles. The van der Waals surface area contributed by atoms with Crippen LogP contribution < -0.4 is 0 Å². The molecule has 0 aliphatic carbocycles. The fraction of sp³-hybridized carbons (Fsp3) is 0.375. The van der Waals surface area contributed by atoms with Crippen molar-refractivity contribution in [2.75, 3.05) is 5.88 Å². The fourth-order valence-corrected chi connectivity index (χ4v) is 0.903. The Kier molecular flexibility index (Phi) is 2.71. The Bertz CT molecular complexity index is 252. The van der Waals surface area contributed by atoms with Gasteiger partial charge < -0.3 is 0 Å². The third-order valence-corrected chi connectivity index (χ3v) is 1.87. The van der Waals surface area contributed by atoms with E-state index in [0.717, 1.165) is 17.8 Å². The van der Waals surface area contributed by atoms with Gasteiger partial charge in [-0.25, -0.2) is 0 Å². The highest BCUT2D eigenvalue weighted by atomic mass is 35.5. The smallest absolute Gasteiger partial charge is 0.0631 e. The van der Waals surface area contributed by atoms with Crippen LogP contribution in [0.3, 0.4) is 0 Å². The van der Waals surface area contributed by atoms with Gasteiger partial charge in [-0.05, 0) is 18.6 Å². The maximum atomic E-state index is 5.58. The van der Waals surface area contributed by atoms with E-state index in [1.807, 2.05) is 17.7 Å². The Balaban J connectivity index is 2.64. The molecule has 0 saturated carbocycles. The second-order valence-corrected chi connectivity index (χ2v) is 2.78. The van der Waals surface area contributed by atoms with Crippen molar-refractivity contribution in [1.29, 1.82) is 0 Å². The number of alkyl halides is 1. The Morgan fingerprint density at radius 1 is 1.82 bits per heavy atom. The monoisotopic (exact) mass is 170 g/mol. The van der Waals surface area contributed by atoms with Gasteiger partial charge in [0, 0.05) is 17.8 Å². The number of allylic oxidation sites excluding steroid dienone is 1. The van der Waals surface area contributed by atoms with E-state index in [9.17, 15) is 0 Å². The van der Waals surface area contributed by atoms with Crippen molar-refractivity contribution in [3.63, 3.8) is 0 Å². The van der Waals surface area contributed by atoms with Crippen molar-refractivity contribution in [1.82, 2.24) is 9.78 Å². The van der Waals surface area contributed by atoms with E-state index >= 15 is 0 Å². The molecule has 1 heterocycles. The van der Waals surface area contributed by atoms with Crippen LogP contribution in [0.15, 0.2) is 24.4 Å². The third kappa shape index (κ3) is 2.09. The molecule has 0 N–H and O–H groups in total. The first-order chi connectivity index (χ1) is 5.24. The predicted octanol–water partition coefficient (Wildman–Crippen LogP) is 1.99. The molecular formula is C8H11ClN2. The average molecular weight is 171 g/mol. The van der Waals surface area contributed by atoms with E-state index < -0.39 is 0 Å². The van der Waals surface area contributed by atoms with Gasteiger partial charge in [0.2, 0.25) is 0 Å². The van der Waals surface area contributed by atoms with Crippen molar-refractivity contribution in [3.05, 3.63) is 30.1 Å². The highest BCUT2D eigenvalue weighted by molar-refractivity contribution is 6.19. The molecule has 0 radical (unpaired) electrons. The Hall–Kier alpha value is -0.760. The topological polar surface area (TPSA) is 17.8 Å². The number of aryl methyl sites for hydroxylation is 1. The summed E-state index contributed by atoms with van der Waals surface area (Å²) in [5.41, 5.74) is 2.12. The van der Waals surface area contributed by atoms with Crippen molar-refractivity contribution < 1.29 is 0 Å². The summed E-state index contributed by atoms with van der Waals surface area (Å²) in [6.07, 6.45) is 1.77. The van der Waals surface area contributed by atoms with Crippen LogP contribution in [0, 0.1) is 6.92 Å². The van der Waals surface area contributed by atoms with Gasteiger partial charge in [0.15, 0.2) is 0 Å². The van der Waals surface area contributed by atoms with Crippen molar-refractivity contribution in [2.24, 2.45) is 0 Å². The lowest BCUT2D eigenvalue weighted by Crippen LogP contribution is -2.04. The maximum absolute atomic E-state index is 5.58. The number of nitrogens with zero attached hydrogens (tertiary/aromatic N) is 2. The maximum Gasteiger partial charge on any atom is 0.0631 e. The van der Waals surface area contributed by atoms with Crippen molar-refractivity contribution in [3.8, 4) is 0 Å². The third-order valence-electron chi connectivity index (χ3n) is 1.49. The molecule has 1 aromatic heterocycles. The molecule has 11 heavy (non-hydrogen) atoms. The molecule has 1 rings (SSSR count). The van der Waals surface area contributed by atoms with E-state index in [2.05, 4.69) is 11.7 Å². The minimum absolute atomic E-state index is 0.499. The summed E-state index contributed by atoms with van der Waals surface area (Å²) in [5, 5.41) is 4.10. The second-order valence-electron chi connectivity index (χ2n) is 2.51. The summed E-state index contributed by atoms with van der Waals surface area (Å²) in [7, 11) is 0. The van der Waals surface area contributed by atoms with Gasteiger partial charge in [0.25, 0.3) is 0 Å². The van der Waals surface area contributed by atoms with Crippen LogP contribution in [-0.2, 0) is 6.54 Å². The van der Waals surface area contributed by atoms with E-state index in [1.54, 1.807) is 6.20 Å². The van der Waals surface area contributed by atoms with E-state index in [1.165, 1.54) is 0 Å². The zero-order valence-electron chi connectivity index (χ0n) is 6.55. The quantitative estimate of drug-likeness (QED) is 0.501. The van der Waals surface area contributed by atoms with Gasteiger partial charge in [-0.3, -0.25) is 4.68 Å². The highest BCUT2D eigenvalue weighted by Crippen LogP contribution is 2.02. The van der Waals surface area contributed by atoms with Gasteiger partial charge in [-0.2, -0.15) is 5.10 Å². The molecule has 0 spiro atoms. The number of aromatic nitrogens is 2. The molecular weight excluding hydrogens is 160 g/mol. The van der Waals surface area contributed by atoms with Gasteiger partial charge in [0.1, 0.15) is 0 Å². The minimum Gasteiger partial charge on any atom is -0.266 e. The lowest BCUT2D eigenvalue weighted by molar-refractivity contribution is 0.658. The van der Waals surface area contributed by atoms with E-state index in [4.69, 9.17) is 11.6 Å². The van der Waals surface area contributed by atoms with Crippen LogP contribution in [0.25, 0.3) is 0 Å². The van der Waals surface area contributed by atoms with Crippen LogP contribution in [0.4, 0.5) is 0 Å². The van der Waals surface area contributed by atoms with Crippen molar-refractivity contribution in [2.45, 2.75) is 13.5 Å². The standard InChI is InChI=1S/C8H11ClN2/c1-7(5-9)6-11-8(2)3-4-10-11/h3-4H,1,5-6H2,2H3. The lowest BCUT2D eigenvalue weighted by Gasteiger charge is -2.03. The Labute approximate surface area is 71.5 Å². The molecule has 0 atom stereocenters. The number of rotatable bonds is 3. The van der Waals surface area contributed by atoms with Gasteiger partial charge in [-0.1, -0.05) is 6.58 Å². The molecule has 0 fully saturated rings. The summed E-state index contributed by atoms with van der Waals surface area (Å²) in [4.78, 5) is 0. The largest absolute Gasteiger partial charge is 0.266 e. The van der Waals surface area contributed by atoms with Gasteiger partial charge >= 0.3 is 0 Å². The molecule has 0 aliphatic rings. The Morgan fingerprint density at radius 2 is 2.55 bits per heavy atom. The second kappa shape index (κ2) is 3.58. The first kappa shape index (κ1) is 8.34. The van der Waals surface area contributed by atoms with Gasteiger partial charge in [-0.15, -0.1) is 11.6 Å². The molecule has 1 aromatic rings. The molecule has 60 valence electrons. The van der Waals surface area contributed by atoms with Crippen molar-refractivity contribution >= 4 is 11.6 Å². The number of halogens is 1. The van der Waals surface area contributed by atoms with Crippen LogP contribution in [0.2, 0.25) is 0 Å². The molecule has 0 aromatic carbocycles. The highest BCUT2D eigenvalue weighted by Gasteiger charge is 1.97. The van der Waals surface area contributed by atoms with Crippen LogP contribution in [-0.4, -0.2) is 15.7 Å². The summed E-state index contributed by atoms with van der Waals surface area (Å²) < 4.78 is 1.88. The van der Waals surface area contributed by atoms with Crippen LogP contribution in [0.5, 0.6) is 0 Å². The molecule has 0 bridgehead atoms. The van der Waals surface area contributed by atoms with Gasteiger partial charge in [0.05, 0.1) is 6.54 Å². The number of hydrogen-bond donors (Lipinski definition) is 0. The predicted molar refractivity (Wildman–Crippen MR) is 46.8 cm³/mol. The molecule has 0 aliphatic heterocycles. The van der Waals surface area contributed by atoms with E-state index in [0.29, 0.717) is 5.88 Å². The first-order valence-electron chi connectivity index (χ1n) is 3.45. The lowest BCUT2D eigenvalue weighted by atomic mass is 10.3. The molecule has 0 amide bonds. The zero-order chi connectivity index (χ0) is 8.27. The molecule has 3 heteroatoms. The van der Waals surface area contributed by atoms with Crippen LogP contribution >= 0.6 is 11.6 Å². The fourth-order valence-electron chi connectivity index (χ4n) is 0.818. The van der Waals surface area contributed by atoms with E-state index in [-0.39, 0.29) is 0 Å². The molecule has 2 nitrogen and oxygen atoms in total. The van der Waals surface area contributed by atoms with Crippen LogP contribution in [0.1, 0.15) is 5.69 Å². The summed E-state index contributed by atoms with van der Waals surface area (Å²) in [6, 6.07) is 1.96. The minimum atomic E-state index is 0.499.